The van der Waals surface area contributed by atoms with Gasteiger partial charge in [0.25, 0.3) is 0 Å². The van der Waals surface area contributed by atoms with E-state index in [2.05, 4.69) is 27.1 Å². The highest BCUT2D eigenvalue weighted by Crippen LogP contribution is 2.47. The molecule has 2 aliphatic heterocycles. The Bertz CT molecular complexity index is 2320. The van der Waals surface area contributed by atoms with Crippen LogP contribution in [0.25, 0.3) is 0 Å². The number of hydrogen-bond acceptors (Lipinski definition) is 12. The summed E-state index contributed by atoms with van der Waals surface area (Å²) in [5, 5.41) is 12.9. The van der Waals surface area contributed by atoms with Gasteiger partial charge in [-0.15, -0.1) is 0 Å². The first-order valence-corrected chi connectivity index (χ1v) is 24.9. The lowest BCUT2D eigenvalue weighted by Crippen LogP contribution is -2.47. The molecule has 0 bridgehead atoms. The van der Waals surface area contributed by atoms with E-state index >= 15 is 0 Å². The summed E-state index contributed by atoms with van der Waals surface area (Å²) in [5.41, 5.74) is 6.16. The number of nitrogens with one attached hydrogen (secondary N) is 2. The summed E-state index contributed by atoms with van der Waals surface area (Å²) in [4.78, 5) is 16.2. The van der Waals surface area contributed by atoms with Gasteiger partial charge in [-0.1, -0.05) is 127 Å². The quantitative estimate of drug-likeness (QED) is 0.119. The first-order valence-electron chi connectivity index (χ1n) is 23.4. The first kappa shape index (κ1) is 51.0. The van der Waals surface area contributed by atoms with Crippen molar-refractivity contribution in [2.75, 3.05) is 85.7 Å². The van der Waals surface area contributed by atoms with Gasteiger partial charge in [-0.2, -0.15) is 4.72 Å². The van der Waals surface area contributed by atoms with Gasteiger partial charge in [0.2, 0.25) is 15.9 Å². The van der Waals surface area contributed by atoms with Crippen LogP contribution in [0, 0.1) is 6.92 Å². The van der Waals surface area contributed by atoms with Crippen LogP contribution in [0.5, 0.6) is 0 Å². The van der Waals surface area contributed by atoms with Crippen LogP contribution >= 0.6 is 0 Å². The van der Waals surface area contributed by atoms with Gasteiger partial charge in [-0.05, 0) is 53.3 Å². The highest BCUT2D eigenvalue weighted by Gasteiger charge is 2.42. The van der Waals surface area contributed by atoms with Crippen molar-refractivity contribution in [1.29, 1.82) is 0 Å². The first-order chi connectivity index (χ1) is 33.3. The van der Waals surface area contributed by atoms with Crippen molar-refractivity contribution in [2.45, 2.75) is 61.8 Å². The Balaban J connectivity index is 1.10. The van der Waals surface area contributed by atoms with Crippen molar-refractivity contribution in [3.63, 3.8) is 0 Å². The molecule has 1 amide bonds. The maximum absolute atomic E-state index is 13.8. The zero-order valence-corrected chi connectivity index (χ0v) is 39.6. The lowest BCUT2D eigenvalue weighted by Gasteiger charge is -2.44. The molecule has 1 unspecified atom stereocenters. The van der Waals surface area contributed by atoms with Gasteiger partial charge in [-0.3, -0.25) is 9.69 Å². The van der Waals surface area contributed by atoms with E-state index in [1.54, 1.807) is 12.1 Å². The Morgan fingerprint density at radius 3 is 1.72 bits per heavy atom. The van der Waals surface area contributed by atoms with E-state index in [-0.39, 0.29) is 36.5 Å². The summed E-state index contributed by atoms with van der Waals surface area (Å²) in [6.45, 7) is 8.58. The summed E-state index contributed by atoms with van der Waals surface area (Å²) < 4.78 is 72.6. The van der Waals surface area contributed by atoms with Gasteiger partial charge >= 0.3 is 0 Å². The number of aliphatic hydroxyl groups excluding tert-OH is 1. The molecule has 15 heteroatoms. The molecular formula is C53H65N3O11S. The van der Waals surface area contributed by atoms with E-state index in [1.165, 1.54) is 12.1 Å². The van der Waals surface area contributed by atoms with Gasteiger partial charge in [-0.25, -0.2) is 8.42 Å². The molecule has 0 aromatic heterocycles. The van der Waals surface area contributed by atoms with Crippen LogP contribution in [0.2, 0.25) is 0 Å². The summed E-state index contributed by atoms with van der Waals surface area (Å²) in [6.07, 6.45) is -1.37. The zero-order chi connectivity index (χ0) is 47.4. The van der Waals surface area contributed by atoms with Gasteiger partial charge < -0.3 is 43.6 Å². The molecule has 2 saturated heterocycles. The Morgan fingerprint density at radius 2 is 1.15 bits per heavy atom. The van der Waals surface area contributed by atoms with E-state index < -0.39 is 34.4 Å². The minimum Gasteiger partial charge on any atom is -0.392 e. The van der Waals surface area contributed by atoms with Gasteiger partial charge in [0.05, 0.1) is 89.8 Å². The Hall–Kier alpha value is -4.88. The molecular weight excluding hydrogens is 887 g/mol. The molecule has 68 heavy (non-hydrogen) atoms. The average molecular weight is 952 g/mol. The fourth-order valence-corrected chi connectivity index (χ4v) is 9.39. The molecule has 0 aliphatic carbocycles. The molecule has 5 aromatic rings. The molecule has 5 atom stereocenters. The zero-order valence-electron chi connectivity index (χ0n) is 38.8. The van der Waals surface area contributed by atoms with Crippen LogP contribution in [0.1, 0.15) is 57.3 Å². The molecule has 2 fully saturated rings. The number of hydrogen-bond donors (Lipinski definition) is 3. The second-order valence-electron chi connectivity index (χ2n) is 16.9. The molecule has 364 valence electrons. The number of nitrogens with zero attached hydrogens (tertiary/aromatic N) is 1. The smallest absolute Gasteiger partial charge is 0.241 e. The van der Waals surface area contributed by atoms with Gasteiger partial charge in [0.1, 0.15) is 6.04 Å². The maximum Gasteiger partial charge on any atom is 0.241 e. The minimum atomic E-state index is -4.00. The predicted molar refractivity (Wildman–Crippen MR) is 257 cm³/mol. The molecule has 7 rings (SSSR count). The Labute approximate surface area is 400 Å². The second-order valence-corrected chi connectivity index (χ2v) is 18.6. The van der Waals surface area contributed by atoms with Gasteiger partial charge in [0.15, 0.2) is 6.29 Å². The fraction of sp³-hybridized carbons (Fsp3) is 0.415. The van der Waals surface area contributed by atoms with Crippen molar-refractivity contribution in [3.8, 4) is 0 Å². The average Bonchev–Trinajstić information content (AvgIpc) is 3.36. The van der Waals surface area contributed by atoms with E-state index in [1.807, 2.05) is 104 Å². The Kier molecular flexibility index (Phi) is 20.1. The number of amides is 1. The van der Waals surface area contributed by atoms with Crippen molar-refractivity contribution in [1.82, 2.24) is 14.9 Å². The van der Waals surface area contributed by atoms with Crippen LogP contribution in [0.3, 0.4) is 0 Å². The van der Waals surface area contributed by atoms with Crippen LogP contribution in [0.15, 0.2) is 138 Å². The molecule has 0 saturated carbocycles. The highest BCUT2D eigenvalue weighted by molar-refractivity contribution is 7.89. The normalized spacial score (nSPS) is 21.5. The number of ether oxygens (including phenoxy) is 7. The van der Waals surface area contributed by atoms with Gasteiger partial charge in [0, 0.05) is 37.7 Å². The third-order valence-electron chi connectivity index (χ3n) is 11.9. The minimum absolute atomic E-state index is 0.0719. The van der Waals surface area contributed by atoms with Crippen molar-refractivity contribution >= 4 is 15.9 Å². The molecule has 14 nitrogen and oxygen atoms in total. The lowest BCUT2D eigenvalue weighted by molar-refractivity contribution is -0.263. The maximum atomic E-state index is 13.8. The third-order valence-corrected chi connectivity index (χ3v) is 13.4. The SMILES string of the molecule is Cc1ccc(S(=O)(=O)N[C@H](Cc2ccccc2)C(=O)NCc2ccc(C3O[C@H](CN4CCOCCOCCOCCOCCOCC4)[C@@H](c4ccccc4)[C@H](c4ccc(CO)cc4)O3)cc2)cc1. The molecule has 2 heterocycles. The standard InChI is InChI=1S/C53H65N3O11S/c1-40-12-22-47(23-13-40)68(59,60)55-48(36-41-8-4-2-5-9-41)52(58)54-37-42-14-20-46(21-15-42)53-66-49(38-56-24-26-61-28-30-63-32-34-65-35-33-64-31-29-62-27-25-56)50(44-10-6-3-7-11-44)51(67-53)45-18-16-43(39-57)17-19-45/h2-23,48-51,53,55,57H,24-39H2,1H3,(H,54,58)/t48-,49-,50-,51+,53?/m1/s1. The number of benzene rings is 5. The lowest BCUT2D eigenvalue weighted by atomic mass is 9.83. The molecule has 0 radical (unpaired) electrons. The molecule has 3 N–H and O–H groups in total. The predicted octanol–water partition coefficient (Wildman–Crippen LogP) is 6.03. The number of carbonyl (C=O) groups excluding carboxylic acids is 1. The number of aryl methyl sites for hydroxylation is 1. The van der Waals surface area contributed by atoms with E-state index in [0.717, 1.165) is 38.9 Å². The summed E-state index contributed by atoms with van der Waals surface area (Å²) in [5.74, 6) is -0.664. The third kappa shape index (κ3) is 15.6. The van der Waals surface area contributed by atoms with Crippen LogP contribution in [-0.4, -0.2) is 122 Å². The largest absolute Gasteiger partial charge is 0.392 e. The number of rotatable bonds is 14. The van der Waals surface area contributed by atoms with Crippen molar-refractivity contribution in [3.05, 3.63) is 172 Å². The monoisotopic (exact) mass is 951 g/mol. The fourth-order valence-electron chi connectivity index (χ4n) is 8.20. The molecule has 0 spiro atoms. The second kappa shape index (κ2) is 26.8. The van der Waals surface area contributed by atoms with E-state index in [0.29, 0.717) is 85.7 Å². The summed E-state index contributed by atoms with van der Waals surface area (Å²) in [7, 11) is -4.00. The van der Waals surface area contributed by atoms with Crippen molar-refractivity contribution in [2.24, 2.45) is 0 Å². The number of sulfonamides is 1. The van der Waals surface area contributed by atoms with Crippen LogP contribution < -0.4 is 10.0 Å². The topological polar surface area (TPSA) is 163 Å². The van der Waals surface area contributed by atoms with E-state index in [4.69, 9.17) is 33.2 Å². The Morgan fingerprint density at radius 1 is 0.618 bits per heavy atom. The van der Waals surface area contributed by atoms with Crippen molar-refractivity contribution < 1.29 is 51.5 Å². The summed E-state index contributed by atoms with van der Waals surface area (Å²) in [6, 6.07) is 40.6. The molecule has 5 aromatic carbocycles. The number of aliphatic hydroxyl groups is 1. The molecule has 2 aliphatic rings. The summed E-state index contributed by atoms with van der Waals surface area (Å²) >= 11 is 0. The van der Waals surface area contributed by atoms with Crippen LogP contribution in [0.4, 0.5) is 0 Å². The van der Waals surface area contributed by atoms with E-state index in [9.17, 15) is 18.3 Å². The van der Waals surface area contributed by atoms with Crippen LogP contribution in [-0.2, 0) is 67.5 Å². The number of carbonyl (C=O) groups is 1. The highest BCUT2D eigenvalue weighted by atomic mass is 32.2.